The minimum absolute atomic E-state index is 0.375. The average Bonchev–Trinajstić information content (AvgIpc) is 2.64. The van der Waals surface area contributed by atoms with Gasteiger partial charge >= 0.3 is 0 Å². The molecule has 2 fully saturated rings. The molecule has 0 spiro atoms. The first kappa shape index (κ1) is 18.4. The summed E-state index contributed by atoms with van der Waals surface area (Å²) in [5.74, 6) is 0. The number of nitrogens with two attached hydrogens (primary N) is 1. The second-order valence-electron chi connectivity index (χ2n) is 6.83. The van der Waals surface area contributed by atoms with Gasteiger partial charge in [0.1, 0.15) is 0 Å². The maximum Gasteiger partial charge on any atom is 0.0724 e. The molecule has 1 aromatic carbocycles. The Labute approximate surface area is 147 Å². The van der Waals surface area contributed by atoms with Crippen molar-refractivity contribution in [1.29, 1.82) is 0 Å². The van der Waals surface area contributed by atoms with Crippen LogP contribution in [0.4, 0.5) is 0 Å². The lowest BCUT2D eigenvalue weighted by Crippen LogP contribution is -2.49. The molecule has 1 saturated carbocycles. The van der Waals surface area contributed by atoms with E-state index in [4.69, 9.17) is 5.73 Å². The Morgan fingerprint density at radius 3 is 2.04 bits per heavy atom. The smallest absolute Gasteiger partial charge is 0.0724 e. The lowest BCUT2D eigenvalue weighted by atomic mass is 9.74. The molecule has 0 amide bonds. The lowest BCUT2D eigenvalue weighted by Gasteiger charge is -2.48. The highest BCUT2D eigenvalue weighted by atomic mass is 32.1. The molecule has 1 aromatic rings. The Morgan fingerprint density at radius 1 is 1.00 bits per heavy atom. The van der Waals surface area contributed by atoms with Crippen LogP contribution in [0.5, 0.6) is 0 Å². The molecule has 0 radical (unpaired) electrons. The van der Waals surface area contributed by atoms with Gasteiger partial charge in [-0.15, -0.1) is 0 Å². The Hall–Kier alpha value is -0.930. The molecule has 0 bridgehead atoms. The van der Waals surface area contributed by atoms with Crippen LogP contribution < -0.4 is 5.73 Å². The van der Waals surface area contributed by atoms with Gasteiger partial charge in [-0.05, 0) is 50.8 Å². The first-order valence-electron chi connectivity index (χ1n) is 9.28. The molecule has 0 aromatic heterocycles. The van der Waals surface area contributed by atoms with E-state index in [9.17, 15) is 0 Å². The molecule has 0 unspecified atom stereocenters. The number of benzene rings is 1. The molecule has 128 valence electrons. The highest BCUT2D eigenvalue weighted by molar-refractivity contribution is 7.80. The largest absolute Gasteiger partial charge is 0.393 e. The summed E-state index contributed by atoms with van der Waals surface area (Å²) in [5.41, 5.74) is 6.97. The van der Waals surface area contributed by atoms with Crippen LogP contribution in [-0.2, 0) is 5.54 Å². The van der Waals surface area contributed by atoms with E-state index < -0.39 is 0 Å². The number of likely N-dealkylation sites (tertiary alicyclic amines) is 1. The number of rotatable bonds is 3. The van der Waals surface area contributed by atoms with Crippen LogP contribution in [0.1, 0.15) is 70.3 Å². The van der Waals surface area contributed by atoms with Gasteiger partial charge in [-0.3, -0.25) is 4.90 Å². The third-order valence-corrected chi connectivity index (χ3v) is 5.59. The lowest BCUT2D eigenvalue weighted by molar-refractivity contribution is 0.0303. The standard InChI is InChI=1S/C17H25N.C3H7NS/c1-4-10-16(11-5-1)17(12-6-2-7-13-17)18-14-8-3-9-15-18;1-2-3(4)5/h1,4-5,10-11H,2-3,6-9,12-15H2;2H2,1H3,(H2,4,5). The summed E-state index contributed by atoms with van der Waals surface area (Å²) >= 11 is 4.47. The molecule has 1 aliphatic heterocycles. The van der Waals surface area contributed by atoms with Crippen LogP contribution in [-0.4, -0.2) is 23.0 Å². The summed E-state index contributed by atoms with van der Waals surface area (Å²) in [7, 11) is 0. The quantitative estimate of drug-likeness (QED) is 0.789. The van der Waals surface area contributed by atoms with E-state index in [1.165, 1.54) is 64.5 Å². The van der Waals surface area contributed by atoms with Crippen molar-refractivity contribution in [3.63, 3.8) is 0 Å². The third-order valence-electron chi connectivity index (χ3n) is 5.30. The van der Waals surface area contributed by atoms with E-state index in [1.807, 2.05) is 6.92 Å². The predicted molar refractivity (Wildman–Crippen MR) is 104 cm³/mol. The zero-order valence-electron chi connectivity index (χ0n) is 14.6. The van der Waals surface area contributed by atoms with E-state index in [-0.39, 0.29) is 0 Å². The summed E-state index contributed by atoms with van der Waals surface area (Å²) < 4.78 is 0. The van der Waals surface area contributed by atoms with E-state index >= 15 is 0 Å². The average molecular weight is 333 g/mol. The number of hydrogen-bond donors (Lipinski definition) is 1. The number of hydrogen-bond acceptors (Lipinski definition) is 2. The summed E-state index contributed by atoms with van der Waals surface area (Å²) in [6, 6.07) is 11.3. The van der Waals surface area contributed by atoms with Crippen molar-refractivity contribution in [3.8, 4) is 0 Å². The van der Waals surface area contributed by atoms with Gasteiger partial charge in [0.25, 0.3) is 0 Å². The first-order valence-corrected chi connectivity index (χ1v) is 9.69. The molecule has 3 heteroatoms. The monoisotopic (exact) mass is 332 g/mol. The van der Waals surface area contributed by atoms with Gasteiger partial charge < -0.3 is 5.73 Å². The normalized spacial score (nSPS) is 21.1. The van der Waals surface area contributed by atoms with E-state index in [2.05, 4.69) is 47.4 Å². The van der Waals surface area contributed by atoms with Crippen LogP contribution in [0, 0.1) is 0 Å². The van der Waals surface area contributed by atoms with Crippen molar-refractivity contribution in [2.24, 2.45) is 5.73 Å². The van der Waals surface area contributed by atoms with E-state index in [0.717, 1.165) is 6.42 Å². The molecule has 2 aliphatic rings. The van der Waals surface area contributed by atoms with Crippen LogP contribution in [0.3, 0.4) is 0 Å². The summed E-state index contributed by atoms with van der Waals surface area (Å²) in [4.78, 5) is 3.40. The molecule has 1 saturated heterocycles. The minimum Gasteiger partial charge on any atom is -0.393 e. The third kappa shape index (κ3) is 5.02. The van der Waals surface area contributed by atoms with Gasteiger partial charge in [0.05, 0.1) is 4.99 Å². The highest BCUT2D eigenvalue weighted by Gasteiger charge is 2.39. The van der Waals surface area contributed by atoms with Crippen molar-refractivity contribution in [2.75, 3.05) is 13.1 Å². The van der Waals surface area contributed by atoms with Crippen molar-refractivity contribution >= 4 is 17.2 Å². The van der Waals surface area contributed by atoms with Crippen molar-refractivity contribution in [3.05, 3.63) is 35.9 Å². The van der Waals surface area contributed by atoms with E-state index in [0.29, 0.717) is 10.5 Å². The topological polar surface area (TPSA) is 29.3 Å². The summed E-state index contributed by atoms with van der Waals surface area (Å²) in [6.45, 7) is 4.56. The molecule has 1 aliphatic carbocycles. The maximum atomic E-state index is 5.02. The Morgan fingerprint density at radius 2 is 1.52 bits per heavy atom. The van der Waals surface area contributed by atoms with Crippen LogP contribution in [0.15, 0.2) is 30.3 Å². The van der Waals surface area contributed by atoms with Crippen molar-refractivity contribution in [2.45, 2.75) is 70.3 Å². The minimum atomic E-state index is 0.375. The SMILES string of the molecule is CCC(N)=S.c1ccc(C2(N3CCCCC3)CCCCC2)cc1. The van der Waals surface area contributed by atoms with Gasteiger partial charge in [-0.25, -0.2) is 0 Å². The first-order chi connectivity index (χ1) is 11.2. The second-order valence-corrected chi connectivity index (χ2v) is 7.35. The van der Waals surface area contributed by atoms with Crippen molar-refractivity contribution < 1.29 is 0 Å². The number of piperidine rings is 1. The highest BCUT2D eigenvalue weighted by Crippen LogP contribution is 2.43. The molecule has 2 nitrogen and oxygen atoms in total. The fraction of sp³-hybridized carbons (Fsp3) is 0.650. The Kier molecular flexibility index (Phi) is 7.51. The summed E-state index contributed by atoms with van der Waals surface area (Å²) in [5, 5.41) is 0. The second kappa shape index (κ2) is 9.39. The molecule has 0 atom stereocenters. The molecule has 1 heterocycles. The number of nitrogens with zero attached hydrogens (tertiary/aromatic N) is 1. The summed E-state index contributed by atoms with van der Waals surface area (Å²) in [6.07, 6.45) is 12.0. The fourth-order valence-corrected chi connectivity index (χ4v) is 3.99. The zero-order chi connectivity index (χ0) is 16.5. The predicted octanol–water partition coefficient (Wildman–Crippen LogP) is 5.01. The fourth-order valence-electron chi connectivity index (χ4n) is 3.99. The number of thiocarbonyl (C=S) groups is 1. The molecular formula is C20H32N2S. The van der Waals surface area contributed by atoms with Crippen LogP contribution >= 0.6 is 12.2 Å². The van der Waals surface area contributed by atoms with Gasteiger partial charge in [0.15, 0.2) is 0 Å². The van der Waals surface area contributed by atoms with Gasteiger partial charge in [0, 0.05) is 5.54 Å². The molecular weight excluding hydrogens is 300 g/mol. The molecule has 23 heavy (non-hydrogen) atoms. The van der Waals surface area contributed by atoms with Gasteiger partial charge in [-0.1, -0.05) is 75.2 Å². The van der Waals surface area contributed by atoms with Crippen LogP contribution in [0.25, 0.3) is 0 Å². The maximum absolute atomic E-state index is 5.02. The van der Waals surface area contributed by atoms with Gasteiger partial charge in [-0.2, -0.15) is 0 Å². The molecule has 3 rings (SSSR count). The van der Waals surface area contributed by atoms with Crippen molar-refractivity contribution in [1.82, 2.24) is 4.90 Å². The Bertz CT molecular complexity index is 460. The van der Waals surface area contributed by atoms with E-state index in [1.54, 1.807) is 5.56 Å². The zero-order valence-corrected chi connectivity index (χ0v) is 15.4. The molecule has 2 N–H and O–H groups in total. The Balaban J connectivity index is 0.000000338. The van der Waals surface area contributed by atoms with Gasteiger partial charge in [0.2, 0.25) is 0 Å². The van der Waals surface area contributed by atoms with Crippen LogP contribution in [0.2, 0.25) is 0 Å².